The van der Waals surface area contributed by atoms with E-state index >= 15 is 0 Å². The van der Waals surface area contributed by atoms with E-state index in [0.29, 0.717) is 18.4 Å². The first kappa shape index (κ1) is 12.7. The van der Waals surface area contributed by atoms with Crippen molar-refractivity contribution in [3.05, 3.63) is 24.4 Å². The molecule has 0 unspecified atom stereocenters. The van der Waals surface area contributed by atoms with Gasteiger partial charge in [-0.05, 0) is 11.5 Å². The lowest BCUT2D eigenvalue weighted by Crippen LogP contribution is -2.33. The van der Waals surface area contributed by atoms with E-state index in [1.165, 1.54) is 0 Å². The van der Waals surface area contributed by atoms with E-state index in [9.17, 15) is 0 Å². The summed E-state index contributed by atoms with van der Waals surface area (Å²) in [5.74, 6) is 0.681. The summed E-state index contributed by atoms with van der Waals surface area (Å²) in [6.07, 6.45) is 3.44. The lowest BCUT2D eigenvalue weighted by molar-refractivity contribution is 0.300. The maximum Gasteiger partial charge on any atom is 0.193 e. The number of guanidine groups is 1. The van der Waals surface area contributed by atoms with E-state index < -0.39 is 0 Å². The second kappa shape index (κ2) is 7.15. The van der Waals surface area contributed by atoms with Crippen LogP contribution in [0.2, 0.25) is 0 Å². The third kappa shape index (κ3) is 5.37. The second-order valence-corrected chi connectivity index (χ2v) is 3.15. The molecular weight excluding hydrogens is 178 g/mol. The Morgan fingerprint density at radius 1 is 1.64 bits per heavy atom. The number of aliphatic hydroxyl groups excluding tert-OH is 1. The van der Waals surface area contributed by atoms with Crippen LogP contribution in [0.4, 0.5) is 0 Å². The van der Waals surface area contributed by atoms with E-state index in [2.05, 4.69) is 30.7 Å². The zero-order valence-electron chi connectivity index (χ0n) is 8.83. The molecule has 0 fully saturated rings. The number of aliphatic hydroxyl groups is 1. The van der Waals surface area contributed by atoms with Crippen LogP contribution in [0.15, 0.2) is 29.4 Å². The van der Waals surface area contributed by atoms with Crippen LogP contribution in [-0.2, 0) is 0 Å². The molecule has 0 aromatic heterocycles. The van der Waals surface area contributed by atoms with Crippen LogP contribution in [0.5, 0.6) is 0 Å². The van der Waals surface area contributed by atoms with Crippen LogP contribution in [-0.4, -0.2) is 24.2 Å². The Morgan fingerprint density at radius 2 is 2.29 bits per heavy atom. The molecule has 0 radical (unpaired) electrons. The molecule has 0 bridgehead atoms. The summed E-state index contributed by atoms with van der Waals surface area (Å²) < 4.78 is 0. The summed E-state index contributed by atoms with van der Waals surface area (Å²) in [6.45, 7) is 8.25. The molecule has 0 aliphatic carbocycles. The monoisotopic (exact) mass is 197 g/mol. The van der Waals surface area contributed by atoms with Gasteiger partial charge in [0.05, 0.1) is 6.61 Å². The van der Waals surface area contributed by atoms with Crippen molar-refractivity contribution in [2.75, 3.05) is 13.2 Å². The van der Waals surface area contributed by atoms with Gasteiger partial charge in [-0.15, -0.1) is 0 Å². The average Bonchev–Trinajstić information content (AvgIpc) is 2.15. The normalized spacial score (nSPS) is 13.1. The van der Waals surface area contributed by atoms with Crippen molar-refractivity contribution in [2.45, 2.75) is 13.8 Å². The van der Waals surface area contributed by atoms with Gasteiger partial charge in [0.15, 0.2) is 5.96 Å². The zero-order chi connectivity index (χ0) is 11.0. The molecular formula is C10H19N3O. The lowest BCUT2D eigenvalue weighted by Gasteiger charge is -2.04. The summed E-state index contributed by atoms with van der Waals surface area (Å²) in [4.78, 5) is 3.99. The van der Waals surface area contributed by atoms with E-state index in [4.69, 9.17) is 10.8 Å². The SMILES string of the molecule is C=C/C(=C\N=C(/N)NCCO)C(C)C. The highest BCUT2D eigenvalue weighted by Crippen LogP contribution is 2.09. The highest BCUT2D eigenvalue weighted by molar-refractivity contribution is 5.78. The second-order valence-electron chi connectivity index (χ2n) is 3.15. The summed E-state index contributed by atoms with van der Waals surface area (Å²) >= 11 is 0. The molecule has 0 spiro atoms. The molecule has 0 saturated carbocycles. The van der Waals surface area contributed by atoms with E-state index in [1.807, 2.05) is 0 Å². The van der Waals surface area contributed by atoms with Crippen molar-refractivity contribution >= 4 is 5.96 Å². The molecule has 14 heavy (non-hydrogen) atoms. The van der Waals surface area contributed by atoms with Crippen LogP contribution < -0.4 is 11.1 Å². The summed E-state index contributed by atoms with van der Waals surface area (Å²) in [6, 6.07) is 0. The smallest absolute Gasteiger partial charge is 0.193 e. The molecule has 0 aliphatic rings. The number of hydrogen-bond donors (Lipinski definition) is 3. The number of aliphatic imine (C=N–C) groups is 1. The molecule has 0 heterocycles. The van der Waals surface area contributed by atoms with Gasteiger partial charge in [0, 0.05) is 12.7 Å². The first-order valence-electron chi connectivity index (χ1n) is 4.62. The quantitative estimate of drug-likeness (QED) is 0.343. The minimum Gasteiger partial charge on any atom is -0.395 e. The Kier molecular flexibility index (Phi) is 6.49. The summed E-state index contributed by atoms with van der Waals surface area (Å²) in [5.41, 5.74) is 6.54. The van der Waals surface area contributed by atoms with E-state index in [1.54, 1.807) is 12.3 Å². The van der Waals surface area contributed by atoms with Gasteiger partial charge in [0.2, 0.25) is 0 Å². The van der Waals surface area contributed by atoms with Crippen LogP contribution in [0.25, 0.3) is 0 Å². The maximum absolute atomic E-state index is 8.52. The largest absolute Gasteiger partial charge is 0.395 e. The van der Waals surface area contributed by atoms with Crippen LogP contribution in [0, 0.1) is 5.92 Å². The standard InChI is InChI=1S/C10H19N3O/c1-4-9(8(2)3)7-13-10(11)12-5-6-14/h4,7-8,14H,1,5-6H2,2-3H3,(H3,11,12,13)/b9-7+. The Morgan fingerprint density at radius 3 is 2.71 bits per heavy atom. The molecule has 0 rings (SSSR count). The molecule has 0 aromatic carbocycles. The molecule has 80 valence electrons. The molecule has 0 aliphatic heterocycles. The van der Waals surface area contributed by atoms with Crippen molar-refractivity contribution in [3.63, 3.8) is 0 Å². The number of nitrogens with zero attached hydrogens (tertiary/aromatic N) is 1. The first-order valence-corrected chi connectivity index (χ1v) is 4.62. The predicted octanol–water partition coefficient (Wildman–Crippen LogP) is 0.609. The van der Waals surface area contributed by atoms with Crippen molar-refractivity contribution < 1.29 is 5.11 Å². The van der Waals surface area contributed by atoms with E-state index in [0.717, 1.165) is 5.57 Å². The fourth-order valence-electron chi connectivity index (χ4n) is 0.811. The van der Waals surface area contributed by atoms with Gasteiger partial charge < -0.3 is 16.2 Å². The number of nitrogens with two attached hydrogens (primary N) is 1. The van der Waals surface area contributed by atoms with Gasteiger partial charge in [-0.1, -0.05) is 26.5 Å². The van der Waals surface area contributed by atoms with Gasteiger partial charge in [0.1, 0.15) is 0 Å². The summed E-state index contributed by atoms with van der Waals surface area (Å²) in [7, 11) is 0. The van der Waals surface area contributed by atoms with Crippen molar-refractivity contribution in [1.29, 1.82) is 0 Å². The molecule has 0 aromatic rings. The molecule has 0 atom stereocenters. The number of nitrogens with one attached hydrogen (secondary N) is 1. The van der Waals surface area contributed by atoms with Gasteiger partial charge in [-0.3, -0.25) is 0 Å². The highest BCUT2D eigenvalue weighted by atomic mass is 16.3. The Labute approximate surface area is 85.2 Å². The Balaban J connectivity index is 4.26. The highest BCUT2D eigenvalue weighted by Gasteiger charge is 1.96. The Hall–Kier alpha value is -1.29. The molecule has 0 saturated heterocycles. The minimum absolute atomic E-state index is 0.0401. The third-order valence-corrected chi connectivity index (χ3v) is 1.67. The molecule has 0 amide bonds. The minimum atomic E-state index is 0.0401. The average molecular weight is 197 g/mol. The van der Waals surface area contributed by atoms with E-state index in [-0.39, 0.29) is 6.61 Å². The topological polar surface area (TPSA) is 70.6 Å². The maximum atomic E-state index is 8.52. The lowest BCUT2D eigenvalue weighted by atomic mass is 10.1. The number of hydrogen-bond acceptors (Lipinski definition) is 2. The molecule has 4 N–H and O–H groups in total. The zero-order valence-corrected chi connectivity index (χ0v) is 8.83. The van der Waals surface area contributed by atoms with Crippen molar-refractivity contribution in [1.82, 2.24) is 5.32 Å². The van der Waals surface area contributed by atoms with Crippen molar-refractivity contribution in [3.8, 4) is 0 Å². The first-order chi connectivity index (χ1) is 6.61. The Bertz CT molecular complexity index is 232. The van der Waals surface area contributed by atoms with Gasteiger partial charge >= 0.3 is 0 Å². The van der Waals surface area contributed by atoms with Gasteiger partial charge in [-0.25, -0.2) is 4.99 Å². The fourth-order valence-corrected chi connectivity index (χ4v) is 0.811. The fraction of sp³-hybridized carbons (Fsp3) is 0.500. The van der Waals surface area contributed by atoms with Gasteiger partial charge in [0.25, 0.3) is 0 Å². The molecule has 4 nitrogen and oxygen atoms in total. The number of allylic oxidation sites excluding steroid dienone is 2. The summed E-state index contributed by atoms with van der Waals surface area (Å²) in [5, 5.41) is 11.3. The molecule has 4 heteroatoms. The third-order valence-electron chi connectivity index (χ3n) is 1.67. The van der Waals surface area contributed by atoms with Crippen LogP contribution in [0.1, 0.15) is 13.8 Å². The van der Waals surface area contributed by atoms with Crippen LogP contribution >= 0.6 is 0 Å². The van der Waals surface area contributed by atoms with Crippen molar-refractivity contribution in [2.24, 2.45) is 16.6 Å². The van der Waals surface area contributed by atoms with Gasteiger partial charge in [-0.2, -0.15) is 0 Å². The number of rotatable bonds is 5. The predicted molar refractivity (Wildman–Crippen MR) is 59.8 cm³/mol. The van der Waals surface area contributed by atoms with Crippen LogP contribution in [0.3, 0.4) is 0 Å².